The zero-order valence-corrected chi connectivity index (χ0v) is 18.1. The molecular formula is C26H26N2O2. The highest BCUT2D eigenvalue weighted by Gasteiger charge is 2.51. The Balaban J connectivity index is 1.89. The number of rotatable bonds is 4. The summed E-state index contributed by atoms with van der Waals surface area (Å²) in [5, 5.41) is 0. The first kappa shape index (κ1) is 20.0. The largest absolute Gasteiger partial charge is 0.294 e. The highest BCUT2D eigenvalue weighted by atomic mass is 16.2. The topological polar surface area (TPSA) is 49.7 Å². The van der Waals surface area contributed by atoms with Crippen LogP contribution < -0.4 is 0 Å². The molecule has 2 heterocycles. The highest BCUT2D eigenvalue weighted by Crippen LogP contribution is 2.41. The van der Waals surface area contributed by atoms with Crippen LogP contribution in [0.4, 0.5) is 0 Å². The van der Waals surface area contributed by atoms with Gasteiger partial charge in [0, 0.05) is 18.2 Å². The molecule has 0 spiro atoms. The Labute approximate surface area is 177 Å². The van der Waals surface area contributed by atoms with Crippen LogP contribution >= 0.6 is 0 Å². The van der Waals surface area contributed by atoms with Gasteiger partial charge in [0.15, 0.2) is 11.3 Å². The Kier molecular flexibility index (Phi) is 4.81. The monoisotopic (exact) mass is 398 g/mol. The SMILES string of the molecule is CC1=CC2=NC(CC(=O)c3cc(C)ccc3C)(c3cc(C)ccc3C)C(=O)N2C=C1. The van der Waals surface area contributed by atoms with E-state index >= 15 is 0 Å². The van der Waals surface area contributed by atoms with E-state index in [1.807, 2.05) is 83.2 Å². The number of allylic oxidation sites excluding steroid dienone is 2. The summed E-state index contributed by atoms with van der Waals surface area (Å²) in [6.07, 6.45) is 5.54. The van der Waals surface area contributed by atoms with E-state index < -0.39 is 5.54 Å². The summed E-state index contributed by atoms with van der Waals surface area (Å²) in [4.78, 5) is 33.7. The van der Waals surface area contributed by atoms with Crippen molar-refractivity contribution < 1.29 is 9.59 Å². The van der Waals surface area contributed by atoms with Gasteiger partial charge in [-0.2, -0.15) is 0 Å². The maximum Gasteiger partial charge on any atom is 0.265 e. The van der Waals surface area contributed by atoms with Crippen molar-refractivity contribution >= 4 is 17.5 Å². The van der Waals surface area contributed by atoms with Crippen molar-refractivity contribution in [3.63, 3.8) is 0 Å². The molecule has 0 fully saturated rings. The van der Waals surface area contributed by atoms with Gasteiger partial charge in [-0.05, 0) is 75.1 Å². The number of fused-ring (bicyclic) bond motifs is 1. The lowest BCUT2D eigenvalue weighted by atomic mass is 9.80. The number of hydrogen-bond acceptors (Lipinski definition) is 3. The molecule has 1 atom stereocenters. The summed E-state index contributed by atoms with van der Waals surface area (Å²) in [6, 6.07) is 11.9. The van der Waals surface area contributed by atoms with Crippen molar-refractivity contribution in [2.24, 2.45) is 4.99 Å². The molecule has 0 saturated carbocycles. The van der Waals surface area contributed by atoms with Crippen molar-refractivity contribution in [3.8, 4) is 0 Å². The number of amidine groups is 1. The van der Waals surface area contributed by atoms with Gasteiger partial charge in [0.1, 0.15) is 5.84 Å². The molecule has 2 aliphatic heterocycles. The molecule has 0 saturated heterocycles. The number of aliphatic imine (C=N–C) groups is 1. The maximum atomic E-state index is 13.7. The molecule has 0 radical (unpaired) electrons. The first-order valence-electron chi connectivity index (χ1n) is 10.2. The van der Waals surface area contributed by atoms with E-state index in [1.54, 1.807) is 11.1 Å². The predicted octanol–water partition coefficient (Wildman–Crippen LogP) is 5.10. The first-order chi connectivity index (χ1) is 14.2. The van der Waals surface area contributed by atoms with Crippen molar-refractivity contribution in [2.75, 3.05) is 0 Å². The van der Waals surface area contributed by atoms with E-state index in [-0.39, 0.29) is 18.1 Å². The van der Waals surface area contributed by atoms with Crippen LogP contribution in [0.25, 0.3) is 0 Å². The summed E-state index contributed by atoms with van der Waals surface area (Å²) in [5.41, 5.74) is 5.14. The molecule has 4 nitrogen and oxygen atoms in total. The zero-order chi connectivity index (χ0) is 21.6. The second-order valence-electron chi connectivity index (χ2n) is 8.45. The average molecular weight is 399 g/mol. The Morgan fingerprint density at radius 2 is 1.63 bits per heavy atom. The van der Waals surface area contributed by atoms with Gasteiger partial charge in [0.2, 0.25) is 0 Å². The number of amides is 1. The lowest BCUT2D eigenvalue weighted by molar-refractivity contribution is -0.129. The molecule has 4 rings (SSSR count). The molecule has 1 amide bonds. The smallest absolute Gasteiger partial charge is 0.265 e. The second kappa shape index (κ2) is 7.21. The Morgan fingerprint density at radius 1 is 0.967 bits per heavy atom. The fraction of sp³-hybridized carbons (Fsp3) is 0.269. The summed E-state index contributed by atoms with van der Waals surface area (Å²) in [7, 11) is 0. The highest BCUT2D eigenvalue weighted by molar-refractivity contribution is 6.16. The number of nitrogens with zero attached hydrogens (tertiary/aromatic N) is 2. The van der Waals surface area contributed by atoms with E-state index in [9.17, 15) is 9.59 Å². The molecule has 0 bridgehead atoms. The minimum Gasteiger partial charge on any atom is -0.294 e. The number of benzene rings is 2. The van der Waals surface area contributed by atoms with E-state index in [4.69, 9.17) is 4.99 Å². The minimum atomic E-state index is -1.26. The van der Waals surface area contributed by atoms with Gasteiger partial charge in [-0.15, -0.1) is 0 Å². The summed E-state index contributed by atoms with van der Waals surface area (Å²) in [5.74, 6) is 0.346. The zero-order valence-electron chi connectivity index (χ0n) is 18.1. The number of hydrogen-bond donors (Lipinski definition) is 0. The van der Waals surface area contributed by atoms with Crippen molar-refractivity contribution in [1.29, 1.82) is 0 Å². The maximum absolute atomic E-state index is 13.7. The molecule has 30 heavy (non-hydrogen) atoms. The van der Waals surface area contributed by atoms with Gasteiger partial charge in [0.25, 0.3) is 5.91 Å². The third-order valence-electron chi connectivity index (χ3n) is 5.92. The van der Waals surface area contributed by atoms with Crippen LogP contribution in [0.3, 0.4) is 0 Å². The number of Topliss-reactive ketones (excluding diaryl/α,β-unsaturated/α-hetero) is 1. The van der Waals surface area contributed by atoms with Crippen LogP contribution in [0.5, 0.6) is 0 Å². The summed E-state index contributed by atoms with van der Waals surface area (Å²) >= 11 is 0. The van der Waals surface area contributed by atoms with E-state index in [2.05, 4.69) is 0 Å². The van der Waals surface area contributed by atoms with Gasteiger partial charge in [-0.25, -0.2) is 4.99 Å². The summed E-state index contributed by atoms with van der Waals surface area (Å²) < 4.78 is 0. The van der Waals surface area contributed by atoms with Crippen LogP contribution in [-0.4, -0.2) is 22.4 Å². The van der Waals surface area contributed by atoms with Crippen LogP contribution in [0.2, 0.25) is 0 Å². The number of aryl methyl sites for hydroxylation is 4. The van der Waals surface area contributed by atoms with Gasteiger partial charge in [0.05, 0.1) is 0 Å². The number of carbonyl (C=O) groups is 2. The summed E-state index contributed by atoms with van der Waals surface area (Å²) in [6.45, 7) is 9.83. The lowest BCUT2D eigenvalue weighted by Gasteiger charge is -2.27. The third kappa shape index (κ3) is 3.22. The molecule has 152 valence electrons. The quantitative estimate of drug-likeness (QED) is 0.673. The van der Waals surface area contributed by atoms with Gasteiger partial charge in [-0.3, -0.25) is 14.5 Å². The van der Waals surface area contributed by atoms with E-state index in [0.29, 0.717) is 11.4 Å². The van der Waals surface area contributed by atoms with Crippen LogP contribution in [0.15, 0.2) is 65.3 Å². The van der Waals surface area contributed by atoms with Crippen molar-refractivity contribution in [1.82, 2.24) is 4.90 Å². The predicted molar refractivity (Wildman–Crippen MR) is 120 cm³/mol. The fourth-order valence-corrected chi connectivity index (χ4v) is 4.22. The molecule has 2 aromatic rings. The molecular weight excluding hydrogens is 372 g/mol. The average Bonchev–Trinajstić information content (AvgIpc) is 2.97. The standard InChI is InChI=1S/C26H26N2O2/c1-16-6-8-19(4)21(12-16)23(29)15-26(22-13-17(2)7-9-20(22)5)25(30)28-11-10-18(3)14-24(28)27-26/h6-14H,15H2,1-5H3. The van der Waals surface area contributed by atoms with Gasteiger partial charge in [-0.1, -0.05) is 41.5 Å². The third-order valence-corrected chi connectivity index (χ3v) is 5.92. The van der Waals surface area contributed by atoms with Crippen LogP contribution in [0, 0.1) is 27.7 Å². The van der Waals surface area contributed by atoms with E-state index in [0.717, 1.165) is 33.4 Å². The second-order valence-corrected chi connectivity index (χ2v) is 8.45. The Bertz CT molecular complexity index is 1170. The molecule has 1 unspecified atom stereocenters. The lowest BCUT2D eigenvalue weighted by Crippen LogP contribution is -2.40. The van der Waals surface area contributed by atoms with Gasteiger partial charge < -0.3 is 0 Å². The van der Waals surface area contributed by atoms with Crippen LogP contribution in [0.1, 0.15) is 51.5 Å². The first-order valence-corrected chi connectivity index (χ1v) is 10.2. The minimum absolute atomic E-state index is 0.00114. The number of ketones is 1. The number of carbonyl (C=O) groups excluding carboxylic acids is 2. The van der Waals surface area contributed by atoms with Crippen molar-refractivity contribution in [3.05, 3.63) is 93.7 Å². The Morgan fingerprint density at radius 3 is 2.37 bits per heavy atom. The molecule has 4 heteroatoms. The fourth-order valence-electron chi connectivity index (χ4n) is 4.22. The molecule has 0 aromatic heterocycles. The molecule has 2 aromatic carbocycles. The molecule has 0 N–H and O–H groups in total. The molecule has 0 aliphatic carbocycles. The normalized spacial score (nSPS) is 20.2. The molecule has 2 aliphatic rings. The van der Waals surface area contributed by atoms with Crippen molar-refractivity contribution in [2.45, 2.75) is 46.6 Å². The Hall–Kier alpha value is -3.27. The van der Waals surface area contributed by atoms with Crippen LogP contribution in [-0.2, 0) is 10.3 Å². The van der Waals surface area contributed by atoms with Gasteiger partial charge >= 0.3 is 0 Å². The van der Waals surface area contributed by atoms with E-state index in [1.165, 1.54) is 0 Å².